The predicted molar refractivity (Wildman–Crippen MR) is 114 cm³/mol. The van der Waals surface area contributed by atoms with Gasteiger partial charge in [0.15, 0.2) is 5.76 Å². The molecular formula is C24H20ClNO3. The third kappa shape index (κ3) is 3.71. The third-order valence-electron chi connectivity index (χ3n) is 5.06. The topological polar surface area (TPSA) is 49.8 Å². The Labute approximate surface area is 174 Å². The molecule has 0 bridgehead atoms. The number of methoxy groups -OCH3 is 1. The van der Waals surface area contributed by atoms with Crippen molar-refractivity contribution in [2.24, 2.45) is 0 Å². The molecule has 1 atom stereocenters. The van der Waals surface area contributed by atoms with Gasteiger partial charge in [-0.25, -0.2) is 0 Å². The summed E-state index contributed by atoms with van der Waals surface area (Å²) < 4.78 is 5.21. The van der Waals surface area contributed by atoms with Gasteiger partial charge in [0.05, 0.1) is 13.2 Å². The Morgan fingerprint density at radius 3 is 2.38 bits per heavy atom. The SMILES string of the molecule is COc1ccc(CN2C(=O)C(O)=C(c3ccccc3)C2c2cccc(Cl)c2)cc1. The summed E-state index contributed by atoms with van der Waals surface area (Å²) in [5, 5.41) is 11.4. The van der Waals surface area contributed by atoms with E-state index in [0.29, 0.717) is 17.1 Å². The number of aliphatic hydroxyl groups excluding tert-OH is 1. The summed E-state index contributed by atoms with van der Waals surface area (Å²) in [4.78, 5) is 14.7. The average molecular weight is 406 g/mol. The molecule has 1 aliphatic rings. The van der Waals surface area contributed by atoms with Crippen LogP contribution >= 0.6 is 11.6 Å². The van der Waals surface area contributed by atoms with E-state index in [1.54, 1.807) is 18.1 Å². The van der Waals surface area contributed by atoms with Crippen molar-refractivity contribution >= 4 is 23.1 Å². The fraction of sp³-hybridized carbons (Fsp3) is 0.125. The number of carbonyl (C=O) groups is 1. The van der Waals surface area contributed by atoms with Gasteiger partial charge in [0, 0.05) is 17.1 Å². The van der Waals surface area contributed by atoms with Crippen molar-refractivity contribution in [3.8, 4) is 5.75 Å². The first-order chi connectivity index (χ1) is 14.1. The number of hydrogen-bond acceptors (Lipinski definition) is 3. The monoisotopic (exact) mass is 405 g/mol. The standard InChI is InChI=1S/C24H20ClNO3/c1-29-20-12-10-16(11-13-20)15-26-22(18-8-5-9-19(25)14-18)21(23(27)24(26)28)17-6-3-2-4-7-17/h2-14,22,27H,15H2,1H3. The molecule has 0 aromatic heterocycles. The van der Waals surface area contributed by atoms with Crippen molar-refractivity contribution in [3.63, 3.8) is 0 Å². The first kappa shape index (κ1) is 19.1. The molecule has 4 rings (SSSR count). The largest absolute Gasteiger partial charge is 0.503 e. The van der Waals surface area contributed by atoms with Crippen LogP contribution in [0.3, 0.4) is 0 Å². The maximum absolute atomic E-state index is 13.0. The lowest BCUT2D eigenvalue weighted by molar-refractivity contribution is -0.130. The molecule has 4 nitrogen and oxygen atoms in total. The Hall–Kier alpha value is -3.24. The van der Waals surface area contributed by atoms with Gasteiger partial charge in [-0.05, 0) is 41.0 Å². The Kier molecular flexibility index (Phi) is 5.28. The number of halogens is 1. The van der Waals surface area contributed by atoms with E-state index in [9.17, 15) is 9.90 Å². The van der Waals surface area contributed by atoms with Crippen LogP contribution in [0.5, 0.6) is 5.75 Å². The van der Waals surface area contributed by atoms with Gasteiger partial charge in [0.2, 0.25) is 0 Å². The lowest BCUT2D eigenvalue weighted by Crippen LogP contribution is -2.29. The number of carbonyl (C=O) groups excluding carboxylic acids is 1. The van der Waals surface area contributed by atoms with Crippen LogP contribution < -0.4 is 4.74 Å². The van der Waals surface area contributed by atoms with E-state index in [2.05, 4.69) is 0 Å². The summed E-state index contributed by atoms with van der Waals surface area (Å²) in [5.41, 5.74) is 3.18. The predicted octanol–water partition coefficient (Wildman–Crippen LogP) is 5.40. The second-order valence-electron chi connectivity index (χ2n) is 6.87. The van der Waals surface area contributed by atoms with Gasteiger partial charge in [-0.3, -0.25) is 4.79 Å². The summed E-state index contributed by atoms with van der Waals surface area (Å²) in [6, 6.07) is 24.0. The minimum absolute atomic E-state index is 0.227. The molecule has 3 aromatic carbocycles. The molecule has 0 saturated carbocycles. The molecule has 3 aromatic rings. The van der Waals surface area contributed by atoms with Crippen molar-refractivity contribution in [2.75, 3.05) is 7.11 Å². The maximum Gasteiger partial charge on any atom is 0.290 e. The van der Waals surface area contributed by atoms with Gasteiger partial charge in [-0.15, -0.1) is 0 Å². The van der Waals surface area contributed by atoms with Crippen LogP contribution in [0.1, 0.15) is 22.7 Å². The number of aliphatic hydroxyl groups is 1. The molecule has 0 saturated heterocycles. The zero-order valence-electron chi connectivity index (χ0n) is 15.9. The van der Waals surface area contributed by atoms with E-state index in [4.69, 9.17) is 16.3 Å². The summed E-state index contributed by atoms with van der Waals surface area (Å²) in [6.45, 7) is 0.348. The quantitative estimate of drug-likeness (QED) is 0.618. The Bertz CT molecular complexity index is 1060. The fourth-order valence-electron chi connectivity index (χ4n) is 3.68. The van der Waals surface area contributed by atoms with Crippen LogP contribution in [0.15, 0.2) is 84.6 Å². The van der Waals surface area contributed by atoms with Gasteiger partial charge in [0.25, 0.3) is 5.91 Å². The number of ether oxygens (including phenoxy) is 1. The van der Waals surface area contributed by atoms with E-state index in [1.165, 1.54) is 0 Å². The van der Waals surface area contributed by atoms with E-state index >= 15 is 0 Å². The molecule has 0 spiro atoms. The summed E-state index contributed by atoms with van der Waals surface area (Å²) >= 11 is 6.24. The second-order valence-corrected chi connectivity index (χ2v) is 7.30. The van der Waals surface area contributed by atoms with Crippen molar-refractivity contribution in [3.05, 3.63) is 106 Å². The molecular weight excluding hydrogens is 386 g/mol. The fourth-order valence-corrected chi connectivity index (χ4v) is 3.88. The highest BCUT2D eigenvalue weighted by Gasteiger charge is 2.41. The van der Waals surface area contributed by atoms with E-state index < -0.39 is 11.9 Å². The molecule has 1 unspecified atom stereocenters. The van der Waals surface area contributed by atoms with Gasteiger partial charge < -0.3 is 14.7 Å². The Morgan fingerprint density at radius 1 is 1.00 bits per heavy atom. The normalized spacial score (nSPS) is 16.4. The van der Waals surface area contributed by atoms with Crippen molar-refractivity contribution in [1.82, 2.24) is 4.90 Å². The minimum Gasteiger partial charge on any atom is -0.503 e. The summed E-state index contributed by atoms with van der Waals surface area (Å²) in [6.07, 6.45) is 0. The van der Waals surface area contributed by atoms with Crippen molar-refractivity contribution < 1.29 is 14.6 Å². The number of benzene rings is 3. The summed E-state index contributed by atoms with van der Waals surface area (Å²) in [5.74, 6) is 0.123. The van der Waals surface area contributed by atoms with E-state index in [0.717, 1.165) is 22.4 Å². The minimum atomic E-state index is -0.439. The van der Waals surface area contributed by atoms with Crippen molar-refractivity contribution in [2.45, 2.75) is 12.6 Å². The zero-order chi connectivity index (χ0) is 20.4. The van der Waals surface area contributed by atoms with Gasteiger partial charge in [0.1, 0.15) is 5.75 Å². The molecule has 0 aliphatic carbocycles. The second kappa shape index (κ2) is 8.02. The number of amides is 1. The Morgan fingerprint density at radius 2 is 1.72 bits per heavy atom. The molecule has 146 valence electrons. The molecule has 1 aliphatic heterocycles. The molecule has 5 heteroatoms. The number of nitrogens with zero attached hydrogens (tertiary/aromatic N) is 1. The molecule has 1 amide bonds. The van der Waals surface area contributed by atoms with Crippen LogP contribution in [0.2, 0.25) is 5.02 Å². The lowest BCUT2D eigenvalue weighted by Gasteiger charge is -2.27. The molecule has 1 N–H and O–H groups in total. The van der Waals surface area contributed by atoms with E-state index in [-0.39, 0.29) is 5.76 Å². The highest BCUT2D eigenvalue weighted by atomic mass is 35.5. The number of hydrogen-bond donors (Lipinski definition) is 1. The molecule has 0 fully saturated rings. The lowest BCUT2D eigenvalue weighted by atomic mass is 9.93. The van der Waals surface area contributed by atoms with Crippen LogP contribution in [-0.4, -0.2) is 23.0 Å². The zero-order valence-corrected chi connectivity index (χ0v) is 16.6. The van der Waals surface area contributed by atoms with Crippen LogP contribution in [0, 0.1) is 0 Å². The Balaban J connectivity index is 1.78. The van der Waals surface area contributed by atoms with E-state index in [1.807, 2.05) is 72.8 Å². The van der Waals surface area contributed by atoms with Gasteiger partial charge >= 0.3 is 0 Å². The third-order valence-corrected chi connectivity index (χ3v) is 5.30. The van der Waals surface area contributed by atoms with Crippen LogP contribution in [-0.2, 0) is 11.3 Å². The van der Waals surface area contributed by atoms with Crippen LogP contribution in [0.4, 0.5) is 0 Å². The van der Waals surface area contributed by atoms with Crippen LogP contribution in [0.25, 0.3) is 5.57 Å². The van der Waals surface area contributed by atoms with Gasteiger partial charge in [-0.2, -0.15) is 0 Å². The molecule has 1 heterocycles. The maximum atomic E-state index is 13.0. The summed E-state index contributed by atoms with van der Waals surface area (Å²) in [7, 11) is 1.61. The van der Waals surface area contributed by atoms with Gasteiger partial charge in [-0.1, -0.05) is 66.2 Å². The highest BCUT2D eigenvalue weighted by molar-refractivity contribution is 6.30. The van der Waals surface area contributed by atoms with Crippen molar-refractivity contribution in [1.29, 1.82) is 0 Å². The highest BCUT2D eigenvalue weighted by Crippen LogP contribution is 2.44. The average Bonchev–Trinajstić information content (AvgIpc) is 3.00. The molecule has 29 heavy (non-hydrogen) atoms. The number of rotatable bonds is 5. The first-order valence-electron chi connectivity index (χ1n) is 9.26. The first-order valence-corrected chi connectivity index (χ1v) is 9.64. The molecule has 0 radical (unpaired) electrons. The smallest absolute Gasteiger partial charge is 0.290 e.